The number of aromatic nitrogens is 4. The molecule has 1 aliphatic rings. The van der Waals surface area contributed by atoms with Crippen molar-refractivity contribution < 1.29 is 19.2 Å². The first kappa shape index (κ1) is 33.1. The van der Waals surface area contributed by atoms with Crippen LogP contribution in [-0.4, -0.2) is 73.5 Å². The number of nitrogens with zero attached hydrogens (tertiary/aromatic N) is 5. The minimum Gasteiger partial charge on any atom is -0.354 e. The van der Waals surface area contributed by atoms with Crippen LogP contribution in [0.3, 0.4) is 0 Å². The summed E-state index contributed by atoms with van der Waals surface area (Å²) >= 11 is 0. The van der Waals surface area contributed by atoms with Crippen molar-refractivity contribution in [1.29, 1.82) is 0 Å². The number of rotatable bonds is 4. The third-order valence-corrected chi connectivity index (χ3v) is 7.66. The van der Waals surface area contributed by atoms with Crippen molar-refractivity contribution in [3.05, 3.63) is 81.8 Å². The molecule has 0 saturated carbocycles. The quantitative estimate of drug-likeness (QED) is 0.397. The number of fused-ring (bicyclic) bond motifs is 1. The van der Waals surface area contributed by atoms with E-state index >= 15 is 0 Å². The number of benzene rings is 1. The highest BCUT2D eigenvalue weighted by molar-refractivity contribution is 5.94. The highest BCUT2D eigenvalue weighted by atomic mass is 16.2. The normalized spacial score (nSPS) is 19.1. The molecule has 0 radical (unpaired) electrons. The SMILES string of the molecule is Cc1nc2n(n1)CC(=O)NCCCN(C(=O)c1ccc(=O)n(C)c1)CCCC(=O)N[C@H](Cc1ccccc1)C(=O)N[C@H]2C(C)C. The number of hydrogen-bond acceptors (Lipinski definition) is 7. The fourth-order valence-corrected chi connectivity index (χ4v) is 5.27. The van der Waals surface area contributed by atoms with Crippen molar-refractivity contribution in [2.75, 3.05) is 19.6 Å². The number of carbonyl (C=O) groups is 4. The van der Waals surface area contributed by atoms with E-state index in [0.29, 0.717) is 43.1 Å². The van der Waals surface area contributed by atoms with E-state index in [2.05, 4.69) is 26.0 Å². The molecule has 45 heavy (non-hydrogen) atoms. The van der Waals surface area contributed by atoms with E-state index in [1.807, 2.05) is 44.2 Å². The predicted molar refractivity (Wildman–Crippen MR) is 167 cm³/mol. The van der Waals surface area contributed by atoms with Crippen LogP contribution in [-0.2, 0) is 34.4 Å². The lowest BCUT2D eigenvalue weighted by Crippen LogP contribution is -2.50. The van der Waals surface area contributed by atoms with E-state index in [0.717, 1.165) is 5.56 Å². The lowest BCUT2D eigenvalue weighted by Gasteiger charge is -2.26. The summed E-state index contributed by atoms with van der Waals surface area (Å²) in [6, 6.07) is 10.8. The van der Waals surface area contributed by atoms with Crippen LogP contribution in [0.5, 0.6) is 0 Å². The molecule has 3 heterocycles. The lowest BCUT2D eigenvalue weighted by atomic mass is 10.0. The number of carbonyl (C=O) groups excluding carboxylic acids is 4. The Labute approximate surface area is 262 Å². The molecule has 2 atom stereocenters. The average Bonchev–Trinajstić information content (AvgIpc) is 3.36. The predicted octanol–water partition coefficient (Wildman–Crippen LogP) is 1.27. The molecule has 1 aliphatic heterocycles. The molecule has 13 nitrogen and oxygen atoms in total. The molecule has 1 aromatic carbocycles. The van der Waals surface area contributed by atoms with Gasteiger partial charge in [0.25, 0.3) is 5.91 Å². The Hall–Kier alpha value is -4.81. The van der Waals surface area contributed by atoms with E-state index in [1.54, 1.807) is 18.9 Å². The van der Waals surface area contributed by atoms with Crippen molar-refractivity contribution in [3.63, 3.8) is 0 Å². The smallest absolute Gasteiger partial charge is 0.255 e. The molecule has 0 fully saturated rings. The number of pyridine rings is 1. The number of amides is 4. The average molecular weight is 619 g/mol. The van der Waals surface area contributed by atoms with E-state index in [1.165, 1.54) is 27.6 Å². The molecule has 3 aromatic rings. The van der Waals surface area contributed by atoms with Gasteiger partial charge >= 0.3 is 0 Å². The van der Waals surface area contributed by atoms with Crippen LogP contribution in [0.15, 0.2) is 53.5 Å². The monoisotopic (exact) mass is 618 g/mol. The van der Waals surface area contributed by atoms with Gasteiger partial charge in [0.15, 0.2) is 5.82 Å². The summed E-state index contributed by atoms with van der Waals surface area (Å²) in [7, 11) is 1.57. The molecule has 4 amide bonds. The van der Waals surface area contributed by atoms with Crippen LogP contribution in [0.4, 0.5) is 0 Å². The summed E-state index contributed by atoms with van der Waals surface area (Å²) in [5.41, 5.74) is 0.997. The Balaban J connectivity index is 1.61. The third-order valence-electron chi connectivity index (χ3n) is 7.66. The van der Waals surface area contributed by atoms with Gasteiger partial charge in [-0.3, -0.25) is 24.0 Å². The molecule has 0 spiro atoms. The summed E-state index contributed by atoms with van der Waals surface area (Å²) in [4.78, 5) is 71.3. The van der Waals surface area contributed by atoms with E-state index in [9.17, 15) is 24.0 Å². The fraction of sp³-hybridized carbons (Fsp3) is 0.469. The highest BCUT2D eigenvalue weighted by Crippen LogP contribution is 2.21. The standard InChI is InChI=1S/C32H42N8O5/c1-21(2)29-30-34-22(3)37-40(30)20-27(42)33-15-9-17-39(32(45)24-13-14-28(43)38(4)19-24)16-8-12-26(41)35-25(31(44)36-29)18-23-10-6-5-7-11-23/h5-7,10-11,13-14,19,21,25,29H,8-9,12,15-18,20H2,1-4H3,(H,33,42)(H,35,41)(H,36,44)/t25-,29+/m1/s1. The van der Waals surface area contributed by atoms with Crippen molar-refractivity contribution in [3.8, 4) is 0 Å². The van der Waals surface area contributed by atoms with Gasteiger partial charge in [0.2, 0.25) is 23.3 Å². The minimum absolute atomic E-state index is 0.0893. The van der Waals surface area contributed by atoms with Crippen LogP contribution in [0.2, 0.25) is 0 Å². The molecular formula is C32H42N8O5. The second kappa shape index (κ2) is 15.3. The summed E-state index contributed by atoms with van der Waals surface area (Å²) in [5.74, 6) is -0.425. The summed E-state index contributed by atoms with van der Waals surface area (Å²) in [6.07, 6.45) is 2.68. The van der Waals surface area contributed by atoms with Gasteiger partial charge in [0.05, 0.1) is 11.6 Å². The summed E-state index contributed by atoms with van der Waals surface area (Å²) in [5, 5.41) is 13.3. The first-order chi connectivity index (χ1) is 21.5. The van der Waals surface area contributed by atoms with Crippen molar-refractivity contribution >= 4 is 23.6 Å². The molecule has 13 heteroatoms. The van der Waals surface area contributed by atoms with Crippen LogP contribution < -0.4 is 21.5 Å². The Bertz CT molecular complexity index is 1560. The van der Waals surface area contributed by atoms with Gasteiger partial charge in [-0.1, -0.05) is 44.2 Å². The molecule has 0 saturated heterocycles. The topological polar surface area (TPSA) is 160 Å². The van der Waals surface area contributed by atoms with Crippen molar-refractivity contribution in [2.45, 2.75) is 65.1 Å². The maximum absolute atomic E-state index is 13.8. The third kappa shape index (κ3) is 9.10. The zero-order chi connectivity index (χ0) is 32.5. The zero-order valence-corrected chi connectivity index (χ0v) is 26.3. The molecule has 2 aromatic heterocycles. The number of nitrogens with one attached hydrogen (secondary N) is 3. The lowest BCUT2D eigenvalue weighted by molar-refractivity contribution is -0.129. The van der Waals surface area contributed by atoms with Gasteiger partial charge in [0.1, 0.15) is 18.4 Å². The summed E-state index contributed by atoms with van der Waals surface area (Å²) in [6.45, 7) is 6.42. The second-order valence-corrected chi connectivity index (χ2v) is 11.7. The fourth-order valence-electron chi connectivity index (χ4n) is 5.27. The van der Waals surface area contributed by atoms with Crippen molar-refractivity contribution in [2.24, 2.45) is 13.0 Å². The van der Waals surface area contributed by atoms with E-state index < -0.39 is 12.1 Å². The Kier molecular flexibility index (Phi) is 11.2. The molecule has 3 N–H and O–H groups in total. The molecule has 240 valence electrons. The zero-order valence-electron chi connectivity index (χ0n) is 26.3. The molecule has 0 aliphatic carbocycles. The van der Waals surface area contributed by atoms with Crippen molar-refractivity contribution in [1.82, 2.24) is 40.2 Å². The number of aryl methyl sites for hydroxylation is 2. The van der Waals surface area contributed by atoms with E-state index in [-0.39, 0.29) is 61.0 Å². The van der Waals surface area contributed by atoms with Crippen LogP contribution in [0, 0.1) is 12.8 Å². The second-order valence-electron chi connectivity index (χ2n) is 11.7. The minimum atomic E-state index is -0.871. The Morgan fingerprint density at radius 2 is 1.71 bits per heavy atom. The first-order valence-electron chi connectivity index (χ1n) is 15.3. The summed E-state index contributed by atoms with van der Waals surface area (Å²) < 4.78 is 2.84. The van der Waals surface area contributed by atoms with Crippen LogP contribution >= 0.6 is 0 Å². The van der Waals surface area contributed by atoms with Gasteiger partial charge in [-0.15, -0.1) is 0 Å². The molecule has 0 bridgehead atoms. The largest absolute Gasteiger partial charge is 0.354 e. The Morgan fingerprint density at radius 1 is 0.978 bits per heavy atom. The molecule has 4 rings (SSSR count). The van der Waals surface area contributed by atoms with Gasteiger partial charge in [-0.25, -0.2) is 9.67 Å². The van der Waals surface area contributed by atoms with Gasteiger partial charge in [0, 0.05) is 51.8 Å². The highest BCUT2D eigenvalue weighted by Gasteiger charge is 2.30. The van der Waals surface area contributed by atoms with Gasteiger partial charge < -0.3 is 25.4 Å². The van der Waals surface area contributed by atoms with Crippen LogP contribution in [0.1, 0.15) is 66.7 Å². The van der Waals surface area contributed by atoms with Crippen LogP contribution in [0.25, 0.3) is 0 Å². The Morgan fingerprint density at radius 3 is 2.42 bits per heavy atom. The molecule has 0 unspecified atom stereocenters. The maximum Gasteiger partial charge on any atom is 0.255 e. The molecular weight excluding hydrogens is 576 g/mol. The van der Waals surface area contributed by atoms with Gasteiger partial charge in [-0.05, 0) is 37.3 Å². The van der Waals surface area contributed by atoms with E-state index in [4.69, 9.17) is 0 Å². The number of hydrogen-bond donors (Lipinski definition) is 3. The van der Waals surface area contributed by atoms with Gasteiger partial charge in [-0.2, -0.15) is 5.10 Å². The first-order valence-corrected chi connectivity index (χ1v) is 15.3. The maximum atomic E-state index is 13.8.